The Morgan fingerprint density at radius 3 is 2.60 bits per heavy atom. The first-order valence-corrected chi connectivity index (χ1v) is 6.67. The van der Waals surface area contributed by atoms with Crippen LogP contribution in [0.2, 0.25) is 0 Å². The molecule has 4 aromatic rings. The zero-order valence-electron chi connectivity index (χ0n) is 11.1. The van der Waals surface area contributed by atoms with Crippen LogP contribution in [0.4, 0.5) is 0 Å². The Morgan fingerprint density at radius 2 is 1.65 bits per heavy atom. The molecule has 20 heavy (non-hydrogen) atoms. The van der Waals surface area contributed by atoms with E-state index >= 15 is 0 Å². The molecule has 0 bridgehead atoms. The smallest absolute Gasteiger partial charge is 0.134 e. The van der Waals surface area contributed by atoms with E-state index in [0.717, 1.165) is 38.9 Å². The molecular formula is C18H13NO. The van der Waals surface area contributed by atoms with Gasteiger partial charge in [-0.2, -0.15) is 0 Å². The molecule has 0 unspecified atom stereocenters. The van der Waals surface area contributed by atoms with Crippen LogP contribution >= 0.6 is 0 Å². The molecule has 4 rings (SSSR count). The van der Waals surface area contributed by atoms with Gasteiger partial charge in [0.1, 0.15) is 11.3 Å². The number of rotatable bonds is 1. The van der Waals surface area contributed by atoms with Crippen LogP contribution in [0.3, 0.4) is 0 Å². The quantitative estimate of drug-likeness (QED) is 0.483. The van der Waals surface area contributed by atoms with Crippen molar-refractivity contribution < 1.29 is 4.42 Å². The molecule has 0 amide bonds. The van der Waals surface area contributed by atoms with Crippen LogP contribution in [-0.2, 0) is 0 Å². The van der Waals surface area contributed by atoms with E-state index in [0.29, 0.717) is 0 Å². The fourth-order valence-electron chi connectivity index (χ4n) is 2.69. The van der Waals surface area contributed by atoms with E-state index in [2.05, 4.69) is 24.3 Å². The lowest BCUT2D eigenvalue weighted by Gasteiger charge is -2.02. The van der Waals surface area contributed by atoms with Crippen LogP contribution in [0.1, 0.15) is 5.76 Å². The topological polar surface area (TPSA) is 26.0 Å². The molecule has 0 atom stereocenters. The van der Waals surface area contributed by atoms with Gasteiger partial charge in [-0.25, -0.2) is 4.98 Å². The molecule has 0 saturated carbocycles. The van der Waals surface area contributed by atoms with Crippen LogP contribution in [0.5, 0.6) is 0 Å². The molecule has 96 valence electrons. The third-order valence-corrected chi connectivity index (χ3v) is 3.63. The van der Waals surface area contributed by atoms with E-state index in [1.807, 2.05) is 43.3 Å². The predicted octanol–water partition coefficient (Wildman–Crippen LogP) is 4.96. The summed E-state index contributed by atoms with van der Waals surface area (Å²) in [4.78, 5) is 4.77. The summed E-state index contributed by atoms with van der Waals surface area (Å²) in [6.45, 7) is 1.99. The molecule has 0 aliphatic heterocycles. The summed E-state index contributed by atoms with van der Waals surface area (Å²) in [6.07, 6.45) is 0. The lowest BCUT2D eigenvalue weighted by molar-refractivity contribution is 0.580. The normalized spacial score (nSPS) is 11.2. The molecule has 2 nitrogen and oxygen atoms in total. The SMILES string of the molecule is Cc1oc2ccccc2c1-c1ccc2ccccc2n1. The third-order valence-electron chi connectivity index (χ3n) is 3.63. The molecule has 2 aromatic heterocycles. The lowest BCUT2D eigenvalue weighted by atomic mass is 10.1. The first-order chi connectivity index (χ1) is 9.83. The van der Waals surface area contributed by atoms with Gasteiger partial charge in [0.05, 0.1) is 11.2 Å². The summed E-state index contributed by atoms with van der Waals surface area (Å²) in [7, 11) is 0. The van der Waals surface area contributed by atoms with Crippen LogP contribution < -0.4 is 0 Å². The summed E-state index contributed by atoms with van der Waals surface area (Å²) in [5.74, 6) is 0.911. The molecule has 0 aliphatic rings. The Hall–Kier alpha value is -2.61. The molecule has 0 fully saturated rings. The van der Waals surface area contributed by atoms with Gasteiger partial charge < -0.3 is 4.42 Å². The average molecular weight is 259 g/mol. The molecule has 2 heteroatoms. The number of hydrogen-bond donors (Lipinski definition) is 0. The zero-order chi connectivity index (χ0) is 13.5. The van der Waals surface area contributed by atoms with Gasteiger partial charge in [0.15, 0.2) is 0 Å². The number of para-hydroxylation sites is 2. The van der Waals surface area contributed by atoms with Gasteiger partial charge in [-0.05, 0) is 25.1 Å². The Bertz CT molecular complexity index is 921. The summed E-state index contributed by atoms with van der Waals surface area (Å²) >= 11 is 0. The van der Waals surface area contributed by atoms with Crippen molar-refractivity contribution in [3.63, 3.8) is 0 Å². The fourth-order valence-corrected chi connectivity index (χ4v) is 2.69. The van der Waals surface area contributed by atoms with E-state index in [1.54, 1.807) is 0 Å². The van der Waals surface area contributed by atoms with Crippen LogP contribution in [0, 0.1) is 6.92 Å². The Morgan fingerprint density at radius 1 is 0.850 bits per heavy atom. The number of hydrogen-bond acceptors (Lipinski definition) is 2. The minimum Gasteiger partial charge on any atom is -0.461 e. The van der Waals surface area contributed by atoms with Crippen molar-refractivity contribution in [1.29, 1.82) is 0 Å². The second-order valence-electron chi connectivity index (χ2n) is 4.92. The molecule has 0 aliphatic carbocycles. The molecule has 0 saturated heterocycles. The molecular weight excluding hydrogens is 246 g/mol. The lowest BCUT2D eigenvalue weighted by Crippen LogP contribution is -1.85. The van der Waals surface area contributed by atoms with E-state index in [9.17, 15) is 0 Å². The van der Waals surface area contributed by atoms with E-state index < -0.39 is 0 Å². The van der Waals surface area contributed by atoms with Crippen molar-refractivity contribution in [2.75, 3.05) is 0 Å². The molecule has 0 spiro atoms. The van der Waals surface area contributed by atoms with Crippen molar-refractivity contribution in [3.05, 3.63) is 66.4 Å². The summed E-state index contributed by atoms with van der Waals surface area (Å²) < 4.78 is 5.83. The summed E-state index contributed by atoms with van der Waals surface area (Å²) in [5, 5.41) is 2.27. The third kappa shape index (κ3) is 1.62. The number of aryl methyl sites for hydroxylation is 1. The Balaban J connectivity index is 2.03. The molecule has 0 N–H and O–H groups in total. The van der Waals surface area contributed by atoms with Crippen molar-refractivity contribution in [3.8, 4) is 11.3 Å². The highest BCUT2D eigenvalue weighted by atomic mass is 16.3. The van der Waals surface area contributed by atoms with E-state index in [-0.39, 0.29) is 0 Å². The standard InChI is InChI=1S/C18H13NO/c1-12-18(14-7-3-5-9-17(14)20-12)16-11-10-13-6-2-4-8-15(13)19-16/h2-11H,1H3. The maximum atomic E-state index is 5.83. The van der Waals surface area contributed by atoms with Crippen molar-refractivity contribution in [1.82, 2.24) is 4.98 Å². The molecule has 0 radical (unpaired) electrons. The van der Waals surface area contributed by atoms with Gasteiger partial charge in [-0.1, -0.05) is 42.5 Å². The Kier molecular flexibility index (Phi) is 2.36. The van der Waals surface area contributed by atoms with Gasteiger partial charge in [0, 0.05) is 16.3 Å². The highest BCUT2D eigenvalue weighted by molar-refractivity contribution is 5.96. The molecule has 2 heterocycles. The number of nitrogens with zero attached hydrogens (tertiary/aromatic N) is 1. The average Bonchev–Trinajstić information content (AvgIpc) is 2.82. The summed E-state index contributed by atoms with van der Waals surface area (Å²) in [6, 6.07) is 20.4. The predicted molar refractivity (Wildman–Crippen MR) is 81.7 cm³/mol. The van der Waals surface area contributed by atoms with E-state index in [4.69, 9.17) is 9.40 Å². The van der Waals surface area contributed by atoms with Crippen molar-refractivity contribution in [2.24, 2.45) is 0 Å². The summed E-state index contributed by atoms with van der Waals surface area (Å²) in [5.41, 5.74) is 3.97. The maximum Gasteiger partial charge on any atom is 0.134 e. The van der Waals surface area contributed by atoms with Crippen LogP contribution in [0.15, 0.2) is 65.1 Å². The van der Waals surface area contributed by atoms with Gasteiger partial charge in [-0.3, -0.25) is 0 Å². The van der Waals surface area contributed by atoms with Gasteiger partial charge in [0.2, 0.25) is 0 Å². The van der Waals surface area contributed by atoms with Crippen LogP contribution in [-0.4, -0.2) is 4.98 Å². The largest absolute Gasteiger partial charge is 0.461 e. The van der Waals surface area contributed by atoms with E-state index in [1.165, 1.54) is 0 Å². The number of aromatic nitrogens is 1. The zero-order valence-corrected chi connectivity index (χ0v) is 11.1. The van der Waals surface area contributed by atoms with Crippen molar-refractivity contribution >= 4 is 21.9 Å². The number of fused-ring (bicyclic) bond motifs is 2. The van der Waals surface area contributed by atoms with Crippen LogP contribution in [0.25, 0.3) is 33.1 Å². The number of benzene rings is 2. The van der Waals surface area contributed by atoms with Gasteiger partial charge in [0.25, 0.3) is 0 Å². The monoisotopic (exact) mass is 259 g/mol. The number of pyridine rings is 1. The second kappa shape index (κ2) is 4.20. The highest BCUT2D eigenvalue weighted by Crippen LogP contribution is 2.33. The highest BCUT2D eigenvalue weighted by Gasteiger charge is 2.13. The first kappa shape index (κ1) is 11.2. The van der Waals surface area contributed by atoms with Gasteiger partial charge in [-0.15, -0.1) is 0 Å². The minimum absolute atomic E-state index is 0.911. The fraction of sp³-hybridized carbons (Fsp3) is 0.0556. The maximum absolute atomic E-state index is 5.83. The first-order valence-electron chi connectivity index (χ1n) is 6.67. The van der Waals surface area contributed by atoms with Crippen molar-refractivity contribution in [2.45, 2.75) is 6.92 Å². The second-order valence-corrected chi connectivity index (χ2v) is 4.92. The number of furan rings is 1. The molecule has 2 aromatic carbocycles. The van der Waals surface area contributed by atoms with Gasteiger partial charge >= 0.3 is 0 Å². The minimum atomic E-state index is 0.911. The Labute approximate surface area is 116 Å².